The standard InChI is InChI=1S/C30H43NO5/c1-6-18-12-16(2)14-28(4)17(3)15-30(28)26(35)24(27(36)31-30)25(34)29(5)19(13-23(18)33)10-11-20-21(29)8-7-9-22(20)32/h10-11,14,17-23,32-34H,6-9,12-13,15H2,1-5H3,(H,31,36)/b16-14+,25-24+/t17-,18-,19+,20+,21-,22+,23-,28+,29-,30-/m1/s1. The maximum atomic E-state index is 14.1. The Balaban J connectivity index is 1.72. The molecule has 5 aliphatic rings. The Kier molecular flexibility index (Phi) is 6.11. The third-order valence-corrected chi connectivity index (χ3v) is 11.2. The summed E-state index contributed by atoms with van der Waals surface area (Å²) in [7, 11) is 0. The topological polar surface area (TPSA) is 107 Å². The van der Waals surface area contributed by atoms with Crippen LogP contribution in [0, 0.1) is 40.4 Å². The van der Waals surface area contributed by atoms with Crippen LogP contribution in [0.1, 0.15) is 79.6 Å². The molecule has 0 aromatic heterocycles. The number of carbonyl (C=O) groups excluding carboxylic acids is 2. The molecule has 1 spiro atoms. The summed E-state index contributed by atoms with van der Waals surface area (Å²) < 4.78 is 0. The Morgan fingerprint density at radius 1 is 1.11 bits per heavy atom. The van der Waals surface area contributed by atoms with Gasteiger partial charge in [0.15, 0.2) is 5.78 Å². The smallest absolute Gasteiger partial charge is 0.259 e. The van der Waals surface area contributed by atoms with Gasteiger partial charge in [-0.05, 0) is 62.7 Å². The number of ketones is 1. The first-order valence-corrected chi connectivity index (χ1v) is 13.9. The van der Waals surface area contributed by atoms with E-state index in [9.17, 15) is 24.9 Å². The van der Waals surface area contributed by atoms with Crippen LogP contribution >= 0.6 is 0 Å². The number of fused-ring (bicyclic) bond motifs is 4. The van der Waals surface area contributed by atoms with Crippen LogP contribution in [0.25, 0.3) is 0 Å². The summed E-state index contributed by atoms with van der Waals surface area (Å²) in [5.41, 5.74) is -1.55. The minimum Gasteiger partial charge on any atom is -0.511 e. The number of carbonyl (C=O) groups is 2. The van der Waals surface area contributed by atoms with E-state index in [-0.39, 0.29) is 46.7 Å². The van der Waals surface area contributed by atoms with E-state index in [0.29, 0.717) is 19.3 Å². The number of rotatable bonds is 1. The third-order valence-electron chi connectivity index (χ3n) is 11.2. The summed E-state index contributed by atoms with van der Waals surface area (Å²) >= 11 is 0. The molecule has 6 nitrogen and oxygen atoms in total. The third kappa shape index (κ3) is 3.29. The molecule has 5 rings (SSSR count). The Bertz CT molecular complexity index is 1060. The van der Waals surface area contributed by atoms with Gasteiger partial charge in [0.2, 0.25) is 0 Å². The summed E-state index contributed by atoms with van der Waals surface area (Å²) in [5.74, 6) is -1.23. The lowest BCUT2D eigenvalue weighted by molar-refractivity contribution is -0.137. The highest BCUT2D eigenvalue weighted by molar-refractivity contribution is 6.29. The fourth-order valence-electron chi connectivity index (χ4n) is 8.65. The average Bonchev–Trinajstić information content (AvgIpc) is 3.10. The molecule has 1 amide bonds. The van der Waals surface area contributed by atoms with Gasteiger partial charge in [0.25, 0.3) is 5.91 Å². The van der Waals surface area contributed by atoms with Crippen molar-refractivity contribution in [3.05, 3.63) is 35.1 Å². The maximum absolute atomic E-state index is 14.1. The molecule has 0 radical (unpaired) electrons. The fraction of sp³-hybridized carbons (Fsp3) is 0.733. The second-order valence-corrected chi connectivity index (χ2v) is 12.9. The number of amides is 1. The second kappa shape index (κ2) is 8.56. The van der Waals surface area contributed by atoms with Crippen molar-refractivity contribution >= 4 is 11.7 Å². The van der Waals surface area contributed by atoms with E-state index in [4.69, 9.17) is 0 Å². The Labute approximate surface area is 214 Å². The van der Waals surface area contributed by atoms with Crippen molar-refractivity contribution in [1.82, 2.24) is 5.32 Å². The summed E-state index contributed by atoms with van der Waals surface area (Å²) in [4.78, 5) is 27.6. The van der Waals surface area contributed by atoms with Gasteiger partial charge in [-0.3, -0.25) is 9.59 Å². The Morgan fingerprint density at radius 3 is 2.50 bits per heavy atom. The van der Waals surface area contributed by atoms with Crippen LogP contribution in [0.5, 0.6) is 0 Å². The second-order valence-electron chi connectivity index (χ2n) is 12.9. The molecule has 1 aliphatic heterocycles. The van der Waals surface area contributed by atoms with Gasteiger partial charge in [-0.2, -0.15) is 0 Å². The van der Waals surface area contributed by atoms with Gasteiger partial charge in [0.05, 0.1) is 12.2 Å². The van der Waals surface area contributed by atoms with Crippen molar-refractivity contribution in [1.29, 1.82) is 0 Å². The predicted octanol–water partition coefficient (Wildman–Crippen LogP) is 4.38. The van der Waals surface area contributed by atoms with E-state index in [1.807, 2.05) is 19.9 Å². The van der Waals surface area contributed by atoms with Gasteiger partial charge in [-0.15, -0.1) is 0 Å². The number of nitrogens with one attached hydrogen (secondary N) is 1. The average molecular weight is 498 g/mol. The number of hydrogen-bond acceptors (Lipinski definition) is 5. The molecule has 6 heteroatoms. The molecule has 4 aliphatic carbocycles. The van der Waals surface area contributed by atoms with E-state index in [1.165, 1.54) is 0 Å². The van der Waals surface area contributed by atoms with Gasteiger partial charge < -0.3 is 20.6 Å². The number of Topliss-reactive ketones (excluding diaryl/α,β-unsaturated/α-hetero) is 1. The Hall–Kier alpha value is -1.92. The van der Waals surface area contributed by atoms with Crippen LogP contribution in [0.2, 0.25) is 0 Å². The summed E-state index contributed by atoms with van der Waals surface area (Å²) in [6, 6.07) is 0. The zero-order valence-electron chi connectivity index (χ0n) is 22.4. The van der Waals surface area contributed by atoms with Crippen molar-refractivity contribution in [2.45, 2.75) is 97.3 Å². The molecule has 1 saturated heterocycles. The highest BCUT2D eigenvalue weighted by atomic mass is 16.3. The van der Waals surface area contributed by atoms with Crippen LogP contribution in [0.15, 0.2) is 35.1 Å². The molecule has 0 aromatic rings. The van der Waals surface area contributed by atoms with Crippen LogP contribution in [0.4, 0.5) is 0 Å². The zero-order chi connectivity index (χ0) is 26.2. The summed E-state index contributed by atoms with van der Waals surface area (Å²) in [6.45, 7) is 10.3. The first-order valence-electron chi connectivity index (χ1n) is 13.9. The number of hydrogen-bond donors (Lipinski definition) is 4. The predicted molar refractivity (Wildman–Crippen MR) is 138 cm³/mol. The molecule has 10 atom stereocenters. The van der Waals surface area contributed by atoms with Gasteiger partial charge in [0, 0.05) is 16.7 Å². The minimum absolute atomic E-state index is 0.0570. The minimum atomic E-state index is -1.05. The van der Waals surface area contributed by atoms with Gasteiger partial charge in [-0.25, -0.2) is 0 Å². The van der Waals surface area contributed by atoms with Gasteiger partial charge in [-0.1, -0.05) is 64.3 Å². The van der Waals surface area contributed by atoms with Crippen LogP contribution in [0.3, 0.4) is 0 Å². The van der Waals surface area contributed by atoms with Crippen molar-refractivity contribution in [3.63, 3.8) is 0 Å². The maximum Gasteiger partial charge on any atom is 0.259 e. The lowest BCUT2D eigenvalue weighted by Gasteiger charge is -2.58. The van der Waals surface area contributed by atoms with Crippen LogP contribution in [-0.2, 0) is 9.59 Å². The van der Waals surface area contributed by atoms with E-state index in [2.05, 4.69) is 38.2 Å². The van der Waals surface area contributed by atoms with Crippen LogP contribution < -0.4 is 5.32 Å². The number of aliphatic hydroxyl groups excluding tert-OH is 3. The van der Waals surface area contributed by atoms with E-state index in [0.717, 1.165) is 31.3 Å². The van der Waals surface area contributed by atoms with Crippen molar-refractivity contribution in [2.75, 3.05) is 0 Å². The first kappa shape index (κ1) is 25.7. The molecule has 4 N–H and O–H groups in total. The molecular weight excluding hydrogens is 454 g/mol. The summed E-state index contributed by atoms with van der Waals surface area (Å²) in [6.07, 6.45) is 9.96. The summed E-state index contributed by atoms with van der Waals surface area (Å²) in [5, 5.41) is 37.3. The number of aliphatic hydroxyl groups is 3. The quantitative estimate of drug-likeness (QED) is 0.318. The largest absolute Gasteiger partial charge is 0.511 e. The SMILES string of the molecule is CC[C@@H]1C/C(C)=C/[C@@]2(C)[C@H](C)C[C@]23NC(=O)/C(=C(/O)[C@@]2(C)[C@@H]4CCC[C@H](O)[C@H]4C=C[C@H]2C[C@H]1O)C3=O. The highest BCUT2D eigenvalue weighted by Gasteiger charge is 2.70. The molecule has 36 heavy (non-hydrogen) atoms. The molecule has 0 aromatic carbocycles. The van der Waals surface area contributed by atoms with Gasteiger partial charge in [0.1, 0.15) is 16.9 Å². The molecular formula is C30H43NO5. The van der Waals surface area contributed by atoms with Crippen molar-refractivity contribution in [2.24, 2.45) is 40.4 Å². The van der Waals surface area contributed by atoms with E-state index >= 15 is 0 Å². The molecule has 0 unspecified atom stereocenters. The number of allylic oxidation sites excluding steroid dienone is 3. The molecule has 3 fully saturated rings. The highest BCUT2D eigenvalue weighted by Crippen LogP contribution is 2.61. The Morgan fingerprint density at radius 2 is 1.83 bits per heavy atom. The molecule has 2 bridgehead atoms. The molecule has 198 valence electrons. The lowest BCUT2D eigenvalue weighted by atomic mass is 9.47. The van der Waals surface area contributed by atoms with Crippen molar-refractivity contribution < 1.29 is 24.9 Å². The zero-order valence-corrected chi connectivity index (χ0v) is 22.4. The molecule has 1 heterocycles. The van der Waals surface area contributed by atoms with Crippen LogP contribution in [-0.4, -0.2) is 44.8 Å². The van der Waals surface area contributed by atoms with E-state index in [1.54, 1.807) is 0 Å². The normalized spacial score (nSPS) is 52.3. The first-order chi connectivity index (χ1) is 16.9. The van der Waals surface area contributed by atoms with E-state index < -0.39 is 34.5 Å². The lowest BCUT2D eigenvalue weighted by Crippen LogP contribution is -2.69. The fourth-order valence-corrected chi connectivity index (χ4v) is 8.65. The van der Waals surface area contributed by atoms with Gasteiger partial charge >= 0.3 is 0 Å². The monoisotopic (exact) mass is 497 g/mol. The molecule has 2 saturated carbocycles. The van der Waals surface area contributed by atoms with Crippen molar-refractivity contribution in [3.8, 4) is 0 Å².